The Labute approximate surface area is 154 Å². The van der Waals surface area contributed by atoms with Crippen molar-refractivity contribution < 1.29 is 14.6 Å². The molecule has 2 aromatic rings. The van der Waals surface area contributed by atoms with Gasteiger partial charge in [-0.3, -0.25) is 4.79 Å². The van der Waals surface area contributed by atoms with Crippen molar-refractivity contribution in [3.8, 4) is 0 Å². The second-order valence-corrected chi connectivity index (χ2v) is 6.45. The number of carbonyl (C=O) groups is 1. The maximum absolute atomic E-state index is 10.6. The Morgan fingerprint density at radius 2 is 1.72 bits per heavy atom. The molecule has 0 bridgehead atoms. The van der Waals surface area contributed by atoms with Crippen LogP contribution in [0.1, 0.15) is 30.1 Å². The van der Waals surface area contributed by atoms with E-state index in [0.29, 0.717) is 18.1 Å². The Morgan fingerprint density at radius 3 is 2.36 bits per heavy atom. The second kappa shape index (κ2) is 10.2. The first-order chi connectivity index (χ1) is 12.1. The van der Waals surface area contributed by atoms with E-state index in [0.717, 1.165) is 24.2 Å². The van der Waals surface area contributed by atoms with Crippen molar-refractivity contribution >= 4 is 17.6 Å². The van der Waals surface area contributed by atoms with Gasteiger partial charge < -0.3 is 14.7 Å². The van der Waals surface area contributed by atoms with E-state index < -0.39 is 5.97 Å². The van der Waals surface area contributed by atoms with E-state index in [1.54, 1.807) is 0 Å². The van der Waals surface area contributed by atoms with Crippen molar-refractivity contribution in [2.75, 3.05) is 26.7 Å². The van der Waals surface area contributed by atoms with Crippen molar-refractivity contribution in [2.45, 2.75) is 18.9 Å². The quantitative estimate of drug-likeness (QED) is 0.687. The third-order valence-corrected chi connectivity index (χ3v) is 4.22. The number of halogens is 1. The van der Waals surface area contributed by atoms with Crippen molar-refractivity contribution in [3.63, 3.8) is 0 Å². The molecule has 25 heavy (non-hydrogen) atoms. The molecule has 0 amide bonds. The summed E-state index contributed by atoms with van der Waals surface area (Å²) < 4.78 is 6.15. The molecular formula is C20H24ClNO3. The van der Waals surface area contributed by atoms with E-state index in [4.69, 9.17) is 21.4 Å². The molecule has 1 atom stereocenters. The molecule has 0 saturated carbocycles. The average molecular weight is 362 g/mol. The summed E-state index contributed by atoms with van der Waals surface area (Å²) in [7, 11) is 1.98. The van der Waals surface area contributed by atoms with E-state index in [1.165, 1.54) is 0 Å². The standard InChI is InChI=1S/C20H24ClNO3/c1-22(13-5-8-19(23)24)14-15-25-20(16-6-3-2-4-7-16)17-9-11-18(21)12-10-17/h2-4,6-7,9-12,20H,5,8,13-15H2,1H3,(H,23,24). The second-order valence-electron chi connectivity index (χ2n) is 6.01. The minimum Gasteiger partial charge on any atom is -0.481 e. The van der Waals surface area contributed by atoms with Gasteiger partial charge in [-0.05, 0) is 43.3 Å². The Bertz CT molecular complexity index is 646. The van der Waals surface area contributed by atoms with Gasteiger partial charge in [-0.2, -0.15) is 0 Å². The minimum atomic E-state index is -0.753. The number of likely N-dealkylation sites (N-methyl/N-ethyl adjacent to an activating group) is 1. The molecular weight excluding hydrogens is 338 g/mol. The number of benzene rings is 2. The predicted octanol–water partition coefficient (Wildman–Crippen LogP) is 4.24. The third-order valence-electron chi connectivity index (χ3n) is 3.96. The van der Waals surface area contributed by atoms with E-state index in [-0.39, 0.29) is 12.5 Å². The van der Waals surface area contributed by atoms with Crippen LogP contribution in [0.15, 0.2) is 54.6 Å². The lowest BCUT2D eigenvalue weighted by Gasteiger charge is -2.22. The maximum Gasteiger partial charge on any atom is 0.303 e. The molecule has 4 nitrogen and oxygen atoms in total. The molecule has 0 spiro atoms. The van der Waals surface area contributed by atoms with Crippen LogP contribution in [-0.4, -0.2) is 42.7 Å². The van der Waals surface area contributed by atoms with Crippen molar-refractivity contribution in [1.82, 2.24) is 4.90 Å². The summed E-state index contributed by atoms with van der Waals surface area (Å²) in [5, 5.41) is 9.40. The van der Waals surface area contributed by atoms with Gasteiger partial charge in [0.25, 0.3) is 0 Å². The summed E-state index contributed by atoms with van der Waals surface area (Å²) in [6.07, 6.45) is 0.694. The normalized spacial score (nSPS) is 12.3. The zero-order valence-corrected chi connectivity index (χ0v) is 15.2. The molecule has 2 aromatic carbocycles. The summed E-state index contributed by atoms with van der Waals surface area (Å²) in [6, 6.07) is 17.8. The fourth-order valence-corrected chi connectivity index (χ4v) is 2.71. The first kappa shape index (κ1) is 19.4. The lowest BCUT2D eigenvalue weighted by molar-refractivity contribution is -0.137. The number of carboxylic acids is 1. The Balaban J connectivity index is 1.93. The molecule has 1 unspecified atom stereocenters. The number of ether oxygens (including phenoxy) is 1. The SMILES string of the molecule is CN(CCCC(=O)O)CCOC(c1ccccc1)c1ccc(Cl)cc1. The molecule has 0 aliphatic carbocycles. The molecule has 5 heteroatoms. The number of carboxylic acid groups (broad SMARTS) is 1. The zero-order chi connectivity index (χ0) is 18.1. The largest absolute Gasteiger partial charge is 0.481 e. The first-order valence-electron chi connectivity index (χ1n) is 8.38. The molecule has 0 heterocycles. The Hall–Kier alpha value is -1.88. The highest BCUT2D eigenvalue weighted by Gasteiger charge is 2.15. The molecule has 1 N–H and O–H groups in total. The van der Waals surface area contributed by atoms with Gasteiger partial charge in [-0.15, -0.1) is 0 Å². The van der Waals surface area contributed by atoms with Gasteiger partial charge in [0, 0.05) is 18.0 Å². The fourth-order valence-electron chi connectivity index (χ4n) is 2.59. The molecule has 2 rings (SSSR count). The minimum absolute atomic E-state index is 0.147. The summed E-state index contributed by atoms with van der Waals surface area (Å²) in [5.74, 6) is -0.753. The molecule has 134 valence electrons. The van der Waals surface area contributed by atoms with Crippen molar-refractivity contribution in [1.29, 1.82) is 0 Å². The molecule has 0 aliphatic rings. The fraction of sp³-hybridized carbons (Fsp3) is 0.350. The van der Waals surface area contributed by atoms with Crippen LogP contribution in [0.2, 0.25) is 5.02 Å². The van der Waals surface area contributed by atoms with Crippen molar-refractivity contribution in [2.24, 2.45) is 0 Å². The highest BCUT2D eigenvalue weighted by atomic mass is 35.5. The summed E-state index contributed by atoms with van der Waals surface area (Å²) in [4.78, 5) is 12.7. The van der Waals surface area contributed by atoms with Gasteiger partial charge in [0.1, 0.15) is 6.10 Å². The molecule has 0 fully saturated rings. The Kier molecular flexibility index (Phi) is 7.92. The zero-order valence-electron chi connectivity index (χ0n) is 14.4. The van der Waals surface area contributed by atoms with Crippen LogP contribution in [0.3, 0.4) is 0 Å². The predicted molar refractivity (Wildman–Crippen MR) is 100 cm³/mol. The van der Waals surface area contributed by atoms with Gasteiger partial charge in [0.05, 0.1) is 6.61 Å². The van der Waals surface area contributed by atoms with Crippen LogP contribution in [0, 0.1) is 0 Å². The van der Waals surface area contributed by atoms with Gasteiger partial charge in [-0.25, -0.2) is 0 Å². The van der Waals surface area contributed by atoms with Gasteiger partial charge in [-0.1, -0.05) is 54.1 Å². The van der Waals surface area contributed by atoms with E-state index in [1.807, 2.05) is 49.5 Å². The lowest BCUT2D eigenvalue weighted by Crippen LogP contribution is -2.25. The van der Waals surface area contributed by atoms with Crippen LogP contribution in [0.5, 0.6) is 0 Å². The third kappa shape index (κ3) is 6.86. The van der Waals surface area contributed by atoms with E-state index >= 15 is 0 Å². The average Bonchev–Trinajstić information content (AvgIpc) is 2.60. The maximum atomic E-state index is 10.6. The van der Waals surface area contributed by atoms with Gasteiger partial charge >= 0.3 is 5.97 Å². The topological polar surface area (TPSA) is 49.8 Å². The molecule has 0 aliphatic heterocycles. The van der Waals surface area contributed by atoms with E-state index in [2.05, 4.69) is 17.0 Å². The number of hydrogen-bond acceptors (Lipinski definition) is 3. The first-order valence-corrected chi connectivity index (χ1v) is 8.76. The molecule has 0 saturated heterocycles. The summed E-state index contributed by atoms with van der Waals surface area (Å²) in [5.41, 5.74) is 2.16. The number of rotatable bonds is 10. The highest BCUT2D eigenvalue weighted by Crippen LogP contribution is 2.27. The summed E-state index contributed by atoms with van der Waals surface area (Å²) in [6.45, 7) is 2.05. The number of hydrogen-bond donors (Lipinski definition) is 1. The molecule has 0 aromatic heterocycles. The lowest BCUT2D eigenvalue weighted by atomic mass is 10.0. The van der Waals surface area contributed by atoms with Crippen LogP contribution in [-0.2, 0) is 9.53 Å². The Morgan fingerprint density at radius 1 is 1.08 bits per heavy atom. The number of aliphatic carboxylic acids is 1. The van der Waals surface area contributed by atoms with Gasteiger partial charge in [0.15, 0.2) is 0 Å². The van der Waals surface area contributed by atoms with Crippen LogP contribution in [0.25, 0.3) is 0 Å². The van der Waals surface area contributed by atoms with Crippen molar-refractivity contribution in [3.05, 3.63) is 70.7 Å². The molecule has 0 radical (unpaired) electrons. The van der Waals surface area contributed by atoms with Crippen LogP contribution in [0.4, 0.5) is 0 Å². The monoisotopic (exact) mass is 361 g/mol. The van der Waals surface area contributed by atoms with E-state index in [9.17, 15) is 4.79 Å². The number of nitrogens with zero attached hydrogens (tertiary/aromatic N) is 1. The highest BCUT2D eigenvalue weighted by molar-refractivity contribution is 6.30. The smallest absolute Gasteiger partial charge is 0.303 e. The van der Waals surface area contributed by atoms with Gasteiger partial charge in [0.2, 0.25) is 0 Å². The van der Waals surface area contributed by atoms with Crippen LogP contribution >= 0.6 is 11.6 Å². The van der Waals surface area contributed by atoms with Crippen LogP contribution < -0.4 is 0 Å². The summed E-state index contributed by atoms with van der Waals surface area (Å²) >= 11 is 5.99.